The molecule has 0 radical (unpaired) electrons. The zero-order valence-corrected chi connectivity index (χ0v) is 10.5. The minimum atomic E-state index is -1.86. The van der Waals surface area contributed by atoms with E-state index in [4.69, 9.17) is 5.26 Å². The zero-order valence-electron chi connectivity index (χ0n) is 10.5. The van der Waals surface area contributed by atoms with Gasteiger partial charge in [0.1, 0.15) is 17.7 Å². The second-order valence-electron chi connectivity index (χ2n) is 3.79. The zero-order chi connectivity index (χ0) is 15.3. The number of hydrogen-bond donors (Lipinski definition) is 2. The highest BCUT2D eigenvalue weighted by molar-refractivity contribution is 5.75. The number of nitriles is 1. The van der Waals surface area contributed by atoms with Crippen LogP contribution in [0, 0.1) is 21.4 Å². The first-order chi connectivity index (χ1) is 9.42. The Morgan fingerprint density at radius 3 is 2.70 bits per heavy atom. The number of nitrogens with zero attached hydrogens (tertiary/aromatic N) is 2. The third-order valence-corrected chi connectivity index (χ3v) is 2.51. The molecule has 8 nitrogen and oxygen atoms in total. The van der Waals surface area contributed by atoms with E-state index in [9.17, 15) is 25.1 Å². The smallest absolute Gasteiger partial charge is 0.338 e. The second kappa shape index (κ2) is 6.60. The largest absolute Gasteiger partial charge is 0.464 e. The van der Waals surface area contributed by atoms with E-state index in [2.05, 4.69) is 4.74 Å². The van der Waals surface area contributed by atoms with Crippen LogP contribution in [0.3, 0.4) is 0 Å². The van der Waals surface area contributed by atoms with Crippen molar-refractivity contribution in [1.82, 2.24) is 0 Å². The number of hydrogen-bond acceptors (Lipinski definition) is 7. The summed E-state index contributed by atoms with van der Waals surface area (Å²) in [7, 11) is 0. The number of nitro benzene ring substituents is 1. The van der Waals surface area contributed by atoms with Gasteiger partial charge in [-0.15, -0.1) is 0 Å². The highest BCUT2D eigenvalue weighted by Gasteiger charge is 2.28. The summed E-state index contributed by atoms with van der Waals surface area (Å²) in [6.45, 7) is 1.56. The quantitative estimate of drug-likeness (QED) is 0.453. The van der Waals surface area contributed by atoms with Crippen molar-refractivity contribution in [2.45, 2.75) is 19.1 Å². The molecule has 106 valence electrons. The van der Waals surface area contributed by atoms with E-state index in [0.717, 1.165) is 12.1 Å². The molecule has 0 fully saturated rings. The predicted octanol–water partition coefficient (Wildman–Crippen LogP) is 0.424. The summed E-state index contributed by atoms with van der Waals surface area (Å²) in [6, 6.07) is 4.93. The lowest BCUT2D eigenvalue weighted by Gasteiger charge is -2.16. The summed E-state index contributed by atoms with van der Waals surface area (Å²) >= 11 is 0. The van der Waals surface area contributed by atoms with Crippen molar-refractivity contribution in [3.05, 3.63) is 39.4 Å². The number of ether oxygens (including phenoxy) is 1. The molecule has 0 spiro atoms. The van der Waals surface area contributed by atoms with Crippen LogP contribution in [0.4, 0.5) is 5.69 Å². The summed E-state index contributed by atoms with van der Waals surface area (Å²) in [4.78, 5) is 21.3. The number of carbonyl (C=O) groups excluding carboxylic acids is 1. The van der Waals surface area contributed by atoms with Crippen LogP contribution in [-0.4, -0.2) is 33.8 Å². The van der Waals surface area contributed by atoms with Crippen molar-refractivity contribution in [2.75, 3.05) is 6.61 Å². The van der Waals surface area contributed by atoms with Crippen LogP contribution >= 0.6 is 0 Å². The van der Waals surface area contributed by atoms with Crippen molar-refractivity contribution in [3.63, 3.8) is 0 Å². The van der Waals surface area contributed by atoms with E-state index >= 15 is 0 Å². The van der Waals surface area contributed by atoms with Crippen LogP contribution in [-0.2, 0) is 9.53 Å². The SMILES string of the molecule is CCOC(=O)C(O)C(O)c1ccc(C#N)c([N+](=O)[O-])c1. The fourth-order valence-electron chi connectivity index (χ4n) is 1.52. The highest BCUT2D eigenvalue weighted by atomic mass is 16.6. The van der Waals surface area contributed by atoms with Crippen molar-refractivity contribution >= 4 is 11.7 Å². The molecule has 1 aromatic carbocycles. The first-order valence-electron chi connectivity index (χ1n) is 5.63. The summed E-state index contributed by atoms with van der Waals surface area (Å²) in [5.74, 6) is -1.04. The van der Waals surface area contributed by atoms with Gasteiger partial charge in [-0.1, -0.05) is 6.07 Å². The van der Waals surface area contributed by atoms with Crippen molar-refractivity contribution in [3.8, 4) is 6.07 Å². The molecule has 1 aromatic rings. The Bertz CT molecular complexity index is 566. The van der Waals surface area contributed by atoms with Gasteiger partial charge in [0.25, 0.3) is 5.69 Å². The monoisotopic (exact) mass is 280 g/mol. The van der Waals surface area contributed by atoms with E-state index < -0.39 is 28.8 Å². The molecular formula is C12H12N2O6. The third-order valence-electron chi connectivity index (χ3n) is 2.51. The average Bonchev–Trinajstić information content (AvgIpc) is 2.45. The number of benzene rings is 1. The van der Waals surface area contributed by atoms with Gasteiger partial charge in [0, 0.05) is 6.07 Å². The molecule has 0 saturated heterocycles. The summed E-state index contributed by atoms with van der Waals surface area (Å²) < 4.78 is 4.53. The molecule has 2 unspecified atom stereocenters. The van der Waals surface area contributed by atoms with Crippen molar-refractivity contribution in [2.24, 2.45) is 0 Å². The van der Waals surface area contributed by atoms with Gasteiger partial charge in [-0.2, -0.15) is 5.26 Å². The van der Waals surface area contributed by atoms with Crippen molar-refractivity contribution < 1.29 is 24.7 Å². The first kappa shape index (κ1) is 15.6. The highest BCUT2D eigenvalue weighted by Crippen LogP contribution is 2.25. The molecular weight excluding hydrogens is 268 g/mol. The Morgan fingerprint density at radius 1 is 1.55 bits per heavy atom. The van der Waals surface area contributed by atoms with E-state index in [1.807, 2.05) is 0 Å². The molecule has 20 heavy (non-hydrogen) atoms. The van der Waals surface area contributed by atoms with Gasteiger partial charge in [0.05, 0.1) is 11.5 Å². The van der Waals surface area contributed by atoms with Gasteiger partial charge in [0.15, 0.2) is 6.10 Å². The fraction of sp³-hybridized carbons (Fsp3) is 0.333. The van der Waals surface area contributed by atoms with E-state index in [0.29, 0.717) is 0 Å². The van der Waals surface area contributed by atoms with E-state index in [-0.39, 0.29) is 17.7 Å². The van der Waals surface area contributed by atoms with Crippen LogP contribution in [0.25, 0.3) is 0 Å². The standard InChI is InChI=1S/C12H12N2O6/c1-2-20-12(17)11(16)10(15)7-3-4-8(6-13)9(5-7)14(18)19/h3-5,10-11,15-16H,2H2,1H3. The molecule has 0 aliphatic rings. The lowest BCUT2D eigenvalue weighted by Crippen LogP contribution is -2.29. The first-order valence-corrected chi connectivity index (χ1v) is 5.63. The molecule has 0 aromatic heterocycles. The van der Waals surface area contributed by atoms with Gasteiger partial charge >= 0.3 is 5.97 Å². The van der Waals surface area contributed by atoms with Crippen LogP contribution in [0.1, 0.15) is 24.2 Å². The van der Waals surface area contributed by atoms with Crippen LogP contribution in [0.2, 0.25) is 0 Å². The summed E-state index contributed by atoms with van der Waals surface area (Å²) in [5.41, 5.74) is -0.757. The summed E-state index contributed by atoms with van der Waals surface area (Å²) in [5, 5.41) is 38.9. The molecule has 0 aliphatic heterocycles. The van der Waals surface area contributed by atoms with Gasteiger partial charge in [-0.3, -0.25) is 10.1 Å². The molecule has 2 N–H and O–H groups in total. The van der Waals surface area contributed by atoms with Gasteiger partial charge in [-0.05, 0) is 18.6 Å². The Morgan fingerprint density at radius 2 is 2.20 bits per heavy atom. The molecule has 8 heteroatoms. The van der Waals surface area contributed by atoms with Crippen LogP contribution in [0.15, 0.2) is 18.2 Å². The Balaban J connectivity index is 3.08. The molecule has 0 saturated carbocycles. The normalized spacial score (nSPS) is 13.1. The fourth-order valence-corrected chi connectivity index (χ4v) is 1.52. The molecule has 0 bridgehead atoms. The Labute approximate surface area is 114 Å². The topological polar surface area (TPSA) is 134 Å². The summed E-state index contributed by atoms with van der Waals surface area (Å²) in [6.07, 6.45) is -3.54. The minimum absolute atomic E-state index is 0.0239. The number of rotatable bonds is 5. The number of aliphatic hydroxyl groups excluding tert-OH is 2. The number of esters is 1. The second-order valence-corrected chi connectivity index (χ2v) is 3.79. The van der Waals surface area contributed by atoms with Crippen molar-refractivity contribution in [1.29, 1.82) is 5.26 Å². The number of aliphatic hydroxyl groups is 2. The Hall–Kier alpha value is -2.50. The molecule has 0 aliphatic carbocycles. The maximum atomic E-state index is 11.3. The predicted molar refractivity (Wildman–Crippen MR) is 65.4 cm³/mol. The van der Waals surface area contributed by atoms with Gasteiger partial charge in [0.2, 0.25) is 0 Å². The molecule has 1 rings (SSSR count). The van der Waals surface area contributed by atoms with E-state index in [1.165, 1.54) is 13.0 Å². The lowest BCUT2D eigenvalue weighted by atomic mass is 10.0. The lowest BCUT2D eigenvalue weighted by molar-refractivity contribution is -0.385. The minimum Gasteiger partial charge on any atom is -0.464 e. The number of nitro groups is 1. The maximum Gasteiger partial charge on any atom is 0.338 e. The third kappa shape index (κ3) is 3.28. The van der Waals surface area contributed by atoms with Gasteiger partial charge in [-0.25, -0.2) is 4.79 Å². The number of carbonyl (C=O) groups is 1. The average molecular weight is 280 g/mol. The van der Waals surface area contributed by atoms with Gasteiger partial charge < -0.3 is 14.9 Å². The van der Waals surface area contributed by atoms with Crippen LogP contribution < -0.4 is 0 Å². The molecule has 0 amide bonds. The van der Waals surface area contributed by atoms with E-state index in [1.54, 1.807) is 6.07 Å². The van der Waals surface area contributed by atoms with Crippen LogP contribution in [0.5, 0.6) is 0 Å². The molecule has 0 heterocycles. The maximum absolute atomic E-state index is 11.3. The Kier molecular flexibility index (Phi) is 5.14. The molecule has 2 atom stereocenters.